The number of carbonyl (C=O) groups excluding carboxylic acids is 1. The lowest BCUT2D eigenvalue weighted by Crippen LogP contribution is -2.12. The molecule has 0 fully saturated rings. The predicted octanol–water partition coefficient (Wildman–Crippen LogP) is 1.89. The monoisotopic (exact) mass is 277 g/mol. The Morgan fingerprint density at radius 2 is 2.12 bits per heavy atom. The minimum absolute atomic E-state index is 0.0244. The number of benzene rings is 1. The molecule has 0 aliphatic rings. The summed E-state index contributed by atoms with van der Waals surface area (Å²) in [6.45, 7) is 1.89. The van der Waals surface area contributed by atoms with Crippen molar-refractivity contribution in [3.05, 3.63) is 28.8 Å². The summed E-state index contributed by atoms with van der Waals surface area (Å²) in [4.78, 5) is 11.5. The molecule has 94 valence electrons. The third-order valence-corrected chi connectivity index (χ3v) is 2.79. The zero-order chi connectivity index (χ0) is 13.1. The van der Waals surface area contributed by atoms with Crippen molar-refractivity contribution in [2.45, 2.75) is 6.92 Å². The van der Waals surface area contributed by atoms with Gasteiger partial charge in [0.05, 0.1) is 29.1 Å². The predicted molar refractivity (Wildman–Crippen MR) is 65.9 cm³/mol. The Labute approximate surface area is 105 Å². The van der Waals surface area contributed by atoms with Crippen LogP contribution in [0, 0.1) is 0 Å². The average Bonchev–Trinajstić information content (AvgIpc) is 2.19. The maximum absolute atomic E-state index is 11.5. The minimum atomic E-state index is -3.44. The molecular formula is C10H12ClNO4S. The Kier molecular flexibility index (Phi) is 4.36. The second-order valence-corrected chi connectivity index (χ2v) is 5.39. The highest BCUT2D eigenvalue weighted by Crippen LogP contribution is 2.27. The van der Waals surface area contributed by atoms with Crippen molar-refractivity contribution in [1.29, 1.82) is 0 Å². The molecule has 1 rings (SSSR count). The average molecular weight is 278 g/mol. The summed E-state index contributed by atoms with van der Waals surface area (Å²) < 4.78 is 29.2. The quantitative estimate of drug-likeness (QED) is 0.853. The fourth-order valence-corrected chi connectivity index (χ4v) is 2.05. The molecule has 5 nitrogen and oxygen atoms in total. The van der Waals surface area contributed by atoms with E-state index in [1.54, 1.807) is 6.92 Å². The molecule has 7 heteroatoms. The Morgan fingerprint density at radius 1 is 1.47 bits per heavy atom. The van der Waals surface area contributed by atoms with Crippen LogP contribution in [0.25, 0.3) is 0 Å². The lowest BCUT2D eigenvalue weighted by atomic mass is 10.2. The van der Waals surface area contributed by atoms with Crippen LogP contribution in [0.5, 0.6) is 0 Å². The highest BCUT2D eigenvalue weighted by atomic mass is 35.5. The van der Waals surface area contributed by atoms with Crippen LogP contribution in [-0.2, 0) is 14.8 Å². The van der Waals surface area contributed by atoms with Gasteiger partial charge in [0.25, 0.3) is 0 Å². The van der Waals surface area contributed by atoms with Crippen LogP contribution in [0.3, 0.4) is 0 Å². The maximum Gasteiger partial charge on any atom is 0.339 e. The van der Waals surface area contributed by atoms with Gasteiger partial charge in [-0.1, -0.05) is 17.7 Å². The minimum Gasteiger partial charge on any atom is -0.462 e. The van der Waals surface area contributed by atoms with E-state index in [0.29, 0.717) is 0 Å². The normalized spacial score (nSPS) is 11.0. The molecule has 0 spiro atoms. The van der Waals surface area contributed by atoms with Crippen LogP contribution in [-0.4, -0.2) is 27.2 Å². The molecule has 0 atom stereocenters. The zero-order valence-corrected chi connectivity index (χ0v) is 10.9. The van der Waals surface area contributed by atoms with E-state index in [4.69, 9.17) is 16.3 Å². The molecule has 0 saturated carbocycles. The fraction of sp³-hybridized carbons (Fsp3) is 0.300. The molecule has 0 unspecified atom stereocenters. The summed E-state index contributed by atoms with van der Waals surface area (Å²) in [5, 5.41) is 0.0244. The molecule has 0 aromatic heterocycles. The first-order chi connectivity index (χ1) is 7.85. The molecule has 0 aliphatic heterocycles. The standard InChI is InChI=1S/C10H12ClNO4S/c1-3-16-10(13)7-5-4-6-8(9(7)11)12-17(2,14)15/h4-6,12H,3H2,1-2H3. The summed E-state index contributed by atoms with van der Waals surface area (Å²) in [7, 11) is -3.44. The highest BCUT2D eigenvalue weighted by molar-refractivity contribution is 7.92. The summed E-state index contributed by atoms with van der Waals surface area (Å²) >= 11 is 5.92. The van der Waals surface area contributed by atoms with Gasteiger partial charge in [-0.3, -0.25) is 4.72 Å². The van der Waals surface area contributed by atoms with E-state index in [1.165, 1.54) is 18.2 Å². The first-order valence-electron chi connectivity index (χ1n) is 4.78. The van der Waals surface area contributed by atoms with Gasteiger partial charge in [-0.15, -0.1) is 0 Å². The number of rotatable bonds is 4. The number of sulfonamides is 1. The van der Waals surface area contributed by atoms with E-state index in [0.717, 1.165) is 6.26 Å². The smallest absolute Gasteiger partial charge is 0.339 e. The topological polar surface area (TPSA) is 72.5 Å². The van der Waals surface area contributed by atoms with E-state index < -0.39 is 16.0 Å². The first kappa shape index (κ1) is 13.8. The molecule has 17 heavy (non-hydrogen) atoms. The number of hydrogen-bond donors (Lipinski definition) is 1. The van der Waals surface area contributed by atoms with E-state index >= 15 is 0 Å². The fourth-order valence-electron chi connectivity index (χ4n) is 1.18. The number of hydrogen-bond acceptors (Lipinski definition) is 4. The maximum atomic E-state index is 11.5. The van der Waals surface area contributed by atoms with Crippen LogP contribution in [0.4, 0.5) is 5.69 Å². The first-order valence-corrected chi connectivity index (χ1v) is 7.05. The van der Waals surface area contributed by atoms with Gasteiger partial charge in [0, 0.05) is 0 Å². The van der Waals surface area contributed by atoms with Crippen molar-refractivity contribution >= 4 is 33.3 Å². The van der Waals surface area contributed by atoms with Gasteiger partial charge in [0.2, 0.25) is 10.0 Å². The third kappa shape index (κ3) is 3.90. The van der Waals surface area contributed by atoms with Crippen molar-refractivity contribution in [3.8, 4) is 0 Å². The van der Waals surface area contributed by atoms with Gasteiger partial charge in [0.1, 0.15) is 0 Å². The summed E-state index contributed by atoms with van der Waals surface area (Å²) in [5.74, 6) is -0.588. The van der Waals surface area contributed by atoms with Gasteiger partial charge in [-0.25, -0.2) is 13.2 Å². The number of esters is 1. The van der Waals surface area contributed by atoms with Crippen molar-refractivity contribution in [2.75, 3.05) is 17.6 Å². The second kappa shape index (κ2) is 5.37. The number of halogens is 1. The van der Waals surface area contributed by atoms with Gasteiger partial charge >= 0.3 is 5.97 Å². The number of carbonyl (C=O) groups is 1. The largest absolute Gasteiger partial charge is 0.462 e. The Bertz CT molecular complexity index is 527. The molecule has 0 amide bonds. The number of anilines is 1. The molecule has 0 heterocycles. The van der Waals surface area contributed by atoms with Crippen molar-refractivity contribution in [2.24, 2.45) is 0 Å². The van der Waals surface area contributed by atoms with Gasteiger partial charge in [-0.05, 0) is 19.1 Å². The lowest BCUT2D eigenvalue weighted by molar-refractivity contribution is 0.0526. The molecule has 0 aliphatic carbocycles. The zero-order valence-electron chi connectivity index (χ0n) is 9.36. The van der Waals surface area contributed by atoms with Crippen LogP contribution in [0.2, 0.25) is 5.02 Å². The molecule has 0 radical (unpaired) electrons. The SMILES string of the molecule is CCOC(=O)c1cccc(NS(C)(=O)=O)c1Cl. The summed E-state index contributed by atoms with van der Waals surface area (Å²) in [5.41, 5.74) is 0.280. The van der Waals surface area contributed by atoms with E-state index in [9.17, 15) is 13.2 Å². The van der Waals surface area contributed by atoms with E-state index in [2.05, 4.69) is 4.72 Å². The van der Waals surface area contributed by atoms with E-state index in [-0.39, 0.29) is 22.9 Å². The van der Waals surface area contributed by atoms with Gasteiger partial charge < -0.3 is 4.74 Å². The van der Waals surface area contributed by atoms with Gasteiger partial charge in [0.15, 0.2) is 0 Å². The van der Waals surface area contributed by atoms with E-state index in [1.807, 2.05) is 0 Å². The van der Waals surface area contributed by atoms with Gasteiger partial charge in [-0.2, -0.15) is 0 Å². The Balaban J connectivity index is 3.12. The Hall–Kier alpha value is -1.27. The van der Waals surface area contributed by atoms with Crippen molar-refractivity contribution in [3.63, 3.8) is 0 Å². The molecule has 1 aromatic rings. The third-order valence-electron chi connectivity index (χ3n) is 1.79. The van der Waals surface area contributed by atoms with Crippen LogP contribution < -0.4 is 4.72 Å². The molecule has 0 saturated heterocycles. The molecule has 1 aromatic carbocycles. The number of nitrogens with one attached hydrogen (secondary N) is 1. The van der Waals surface area contributed by atoms with Crippen LogP contribution in [0.15, 0.2) is 18.2 Å². The van der Waals surface area contributed by atoms with Crippen LogP contribution >= 0.6 is 11.6 Å². The lowest BCUT2D eigenvalue weighted by Gasteiger charge is -2.09. The summed E-state index contributed by atoms with van der Waals surface area (Å²) in [6, 6.07) is 4.45. The number of ether oxygens (including phenoxy) is 1. The molecule has 1 N–H and O–H groups in total. The summed E-state index contributed by atoms with van der Waals surface area (Å²) in [6.07, 6.45) is 1.00. The van der Waals surface area contributed by atoms with Crippen molar-refractivity contribution < 1.29 is 17.9 Å². The Morgan fingerprint density at radius 3 is 2.65 bits per heavy atom. The van der Waals surface area contributed by atoms with Crippen LogP contribution in [0.1, 0.15) is 17.3 Å². The second-order valence-electron chi connectivity index (χ2n) is 3.26. The molecular weight excluding hydrogens is 266 g/mol. The van der Waals surface area contributed by atoms with Crippen molar-refractivity contribution in [1.82, 2.24) is 0 Å². The molecule has 0 bridgehead atoms. The highest BCUT2D eigenvalue weighted by Gasteiger charge is 2.15.